The lowest BCUT2D eigenvalue weighted by Crippen LogP contribution is -2.43. The number of nitrogens with one attached hydrogen (secondary N) is 1. The van der Waals surface area contributed by atoms with Gasteiger partial charge in [0.25, 0.3) is 5.91 Å². The third-order valence-corrected chi connectivity index (χ3v) is 6.36. The number of amides is 1. The molecule has 34 heavy (non-hydrogen) atoms. The van der Waals surface area contributed by atoms with E-state index in [0.717, 1.165) is 60.4 Å². The Kier molecular flexibility index (Phi) is 6.60. The molecule has 0 atom stereocenters. The van der Waals surface area contributed by atoms with Gasteiger partial charge in [0, 0.05) is 62.6 Å². The molecule has 0 unspecified atom stereocenters. The van der Waals surface area contributed by atoms with Crippen LogP contribution in [0.2, 0.25) is 0 Å². The van der Waals surface area contributed by atoms with Crippen LogP contribution in [0.3, 0.4) is 0 Å². The summed E-state index contributed by atoms with van der Waals surface area (Å²) in [5.74, 6) is -0.104. The van der Waals surface area contributed by atoms with Gasteiger partial charge in [-0.05, 0) is 42.4 Å². The van der Waals surface area contributed by atoms with Crippen LogP contribution < -0.4 is 5.32 Å². The van der Waals surface area contributed by atoms with E-state index < -0.39 is 0 Å². The number of nitrogens with zero attached hydrogens (tertiary/aromatic N) is 4. The maximum Gasteiger partial charge on any atom is 0.252 e. The van der Waals surface area contributed by atoms with Crippen molar-refractivity contribution in [1.82, 2.24) is 25.1 Å². The molecule has 2 aromatic carbocycles. The minimum Gasteiger partial charge on any atom is -0.348 e. The van der Waals surface area contributed by atoms with E-state index in [2.05, 4.69) is 51.4 Å². The summed E-state index contributed by atoms with van der Waals surface area (Å²) in [6.07, 6.45) is 3.50. The SMILES string of the molecule is CN1CCN(Cc2cccc(CNC(=O)c3cc(-c4cccnc4)nc4ccccc34)c2)CC1. The number of hydrogen-bond acceptors (Lipinski definition) is 5. The summed E-state index contributed by atoms with van der Waals surface area (Å²) in [6, 6.07) is 22.0. The van der Waals surface area contributed by atoms with Crippen molar-refractivity contribution in [2.24, 2.45) is 0 Å². The Morgan fingerprint density at radius 1 is 0.941 bits per heavy atom. The van der Waals surface area contributed by atoms with Crippen molar-refractivity contribution in [2.45, 2.75) is 13.1 Å². The zero-order valence-corrected chi connectivity index (χ0v) is 19.4. The Balaban J connectivity index is 1.32. The molecule has 0 saturated carbocycles. The molecule has 2 aromatic heterocycles. The summed E-state index contributed by atoms with van der Waals surface area (Å²) < 4.78 is 0. The van der Waals surface area contributed by atoms with E-state index in [1.165, 1.54) is 5.56 Å². The Hall–Kier alpha value is -3.61. The lowest BCUT2D eigenvalue weighted by Gasteiger charge is -2.32. The van der Waals surface area contributed by atoms with Crippen molar-refractivity contribution in [1.29, 1.82) is 0 Å². The van der Waals surface area contributed by atoms with Gasteiger partial charge in [0.05, 0.1) is 16.8 Å². The average molecular weight is 452 g/mol. The van der Waals surface area contributed by atoms with Gasteiger partial charge in [-0.15, -0.1) is 0 Å². The molecule has 1 fully saturated rings. The van der Waals surface area contributed by atoms with Crippen molar-refractivity contribution < 1.29 is 4.79 Å². The predicted octanol–water partition coefficient (Wildman–Crippen LogP) is 3.97. The summed E-state index contributed by atoms with van der Waals surface area (Å²) in [7, 11) is 2.17. The van der Waals surface area contributed by atoms with E-state index in [1.807, 2.05) is 42.5 Å². The molecule has 1 saturated heterocycles. The van der Waals surface area contributed by atoms with E-state index >= 15 is 0 Å². The zero-order chi connectivity index (χ0) is 23.3. The van der Waals surface area contributed by atoms with Crippen molar-refractivity contribution in [3.8, 4) is 11.3 Å². The molecule has 0 aliphatic carbocycles. The number of fused-ring (bicyclic) bond motifs is 1. The van der Waals surface area contributed by atoms with Crippen LogP contribution in [0.5, 0.6) is 0 Å². The maximum absolute atomic E-state index is 13.3. The summed E-state index contributed by atoms with van der Waals surface area (Å²) in [5, 5.41) is 3.96. The Morgan fingerprint density at radius 2 is 1.76 bits per heavy atom. The molecule has 1 amide bonds. The lowest BCUT2D eigenvalue weighted by molar-refractivity contribution is 0.0952. The molecular weight excluding hydrogens is 422 g/mol. The van der Waals surface area contributed by atoms with Gasteiger partial charge in [-0.2, -0.15) is 0 Å². The molecule has 6 nitrogen and oxygen atoms in total. The third-order valence-electron chi connectivity index (χ3n) is 6.36. The monoisotopic (exact) mass is 451 g/mol. The van der Waals surface area contributed by atoms with Crippen molar-refractivity contribution >= 4 is 16.8 Å². The Labute approximate surface area is 200 Å². The molecule has 5 rings (SSSR count). The Bertz CT molecular complexity index is 1280. The molecule has 172 valence electrons. The van der Waals surface area contributed by atoms with Gasteiger partial charge in [-0.25, -0.2) is 4.98 Å². The predicted molar refractivity (Wildman–Crippen MR) is 135 cm³/mol. The normalized spacial score (nSPS) is 14.9. The summed E-state index contributed by atoms with van der Waals surface area (Å²) in [6.45, 7) is 5.82. The van der Waals surface area contributed by atoms with E-state index in [4.69, 9.17) is 4.98 Å². The number of pyridine rings is 2. The summed E-state index contributed by atoms with van der Waals surface area (Å²) >= 11 is 0. The van der Waals surface area contributed by atoms with Crippen LogP contribution in [-0.2, 0) is 13.1 Å². The number of carbonyl (C=O) groups excluding carboxylic acids is 1. The first-order chi connectivity index (χ1) is 16.7. The number of benzene rings is 2. The van der Waals surface area contributed by atoms with Crippen LogP contribution >= 0.6 is 0 Å². The number of piperazine rings is 1. The highest BCUT2D eigenvalue weighted by Crippen LogP contribution is 2.24. The summed E-state index contributed by atoms with van der Waals surface area (Å²) in [4.78, 5) is 27.1. The highest BCUT2D eigenvalue weighted by Gasteiger charge is 2.15. The molecule has 0 bridgehead atoms. The van der Waals surface area contributed by atoms with Crippen LogP contribution in [0.15, 0.2) is 79.1 Å². The lowest BCUT2D eigenvalue weighted by atomic mass is 10.0. The molecule has 6 heteroatoms. The fourth-order valence-electron chi connectivity index (χ4n) is 4.41. The first-order valence-corrected chi connectivity index (χ1v) is 11.7. The van der Waals surface area contributed by atoms with Gasteiger partial charge in [0.15, 0.2) is 0 Å². The standard InChI is InChI=1S/C28H29N5O/c1-32-12-14-33(15-13-32)20-22-7-4-6-21(16-22)18-30-28(34)25-17-27(23-8-5-11-29-19-23)31-26-10-3-2-9-24(25)26/h2-11,16-17,19H,12-15,18,20H2,1H3,(H,30,34). The van der Waals surface area contributed by atoms with Gasteiger partial charge in [0.1, 0.15) is 0 Å². The number of carbonyl (C=O) groups is 1. The molecule has 1 aliphatic heterocycles. The minimum absolute atomic E-state index is 0.104. The van der Waals surface area contributed by atoms with Crippen molar-refractivity contribution in [2.75, 3.05) is 33.2 Å². The van der Waals surface area contributed by atoms with Gasteiger partial charge < -0.3 is 10.2 Å². The van der Waals surface area contributed by atoms with Crippen LogP contribution in [-0.4, -0.2) is 58.9 Å². The largest absolute Gasteiger partial charge is 0.348 e. The van der Waals surface area contributed by atoms with E-state index in [-0.39, 0.29) is 5.91 Å². The zero-order valence-electron chi connectivity index (χ0n) is 19.4. The van der Waals surface area contributed by atoms with Crippen LogP contribution in [0.1, 0.15) is 21.5 Å². The van der Waals surface area contributed by atoms with Crippen molar-refractivity contribution in [3.63, 3.8) is 0 Å². The molecule has 1 aliphatic rings. The average Bonchev–Trinajstić information content (AvgIpc) is 2.89. The number of likely N-dealkylation sites (N-methyl/N-ethyl adjacent to an activating group) is 1. The highest BCUT2D eigenvalue weighted by atomic mass is 16.1. The molecule has 4 aromatic rings. The van der Waals surface area contributed by atoms with Gasteiger partial charge in [-0.3, -0.25) is 14.7 Å². The van der Waals surface area contributed by atoms with Gasteiger partial charge >= 0.3 is 0 Å². The van der Waals surface area contributed by atoms with Gasteiger partial charge in [-0.1, -0.05) is 42.5 Å². The van der Waals surface area contributed by atoms with E-state index in [1.54, 1.807) is 12.4 Å². The maximum atomic E-state index is 13.3. The van der Waals surface area contributed by atoms with Crippen LogP contribution in [0, 0.1) is 0 Å². The second kappa shape index (κ2) is 10.1. The molecule has 1 N–H and O–H groups in total. The molecule has 3 heterocycles. The Morgan fingerprint density at radius 3 is 2.59 bits per heavy atom. The van der Waals surface area contributed by atoms with Gasteiger partial charge in [0.2, 0.25) is 0 Å². The second-order valence-electron chi connectivity index (χ2n) is 8.90. The molecular formula is C28H29N5O. The molecule has 0 spiro atoms. The van der Waals surface area contributed by atoms with Crippen LogP contribution in [0.4, 0.5) is 0 Å². The summed E-state index contributed by atoms with van der Waals surface area (Å²) in [5.41, 5.74) is 5.43. The minimum atomic E-state index is -0.104. The van der Waals surface area contributed by atoms with E-state index in [9.17, 15) is 4.79 Å². The first-order valence-electron chi connectivity index (χ1n) is 11.7. The number of aromatic nitrogens is 2. The first kappa shape index (κ1) is 22.2. The van der Waals surface area contributed by atoms with Crippen LogP contribution in [0.25, 0.3) is 22.2 Å². The van der Waals surface area contributed by atoms with Crippen molar-refractivity contribution in [3.05, 3.63) is 95.8 Å². The number of para-hydroxylation sites is 1. The number of hydrogen-bond donors (Lipinski definition) is 1. The fourth-order valence-corrected chi connectivity index (χ4v) is 4.41. The second-order valence-corrected chi connectivity index (χ2v) is 8.90. The molecule has 0 radical (unpaired) electrons. The number of rotatable bonds is 6. The smallest absolute Gasteiger partial charge is 0.252 e. The quantitative estimate of drug-likeness (QED) is 0.481. The highest BCUT2D eigenvalue weighted by molar-refractivity contribution is 6.07. The third kappa shape index (κ3) is 5.14. The topological polar surface area (TPSA) is 61.4 Å². The fraction of sp³-hybridized carbons (Fsp3) is 0.250. The van der Waals surface area contributed by atoms with E-state index in [0.29, 0.717) is 12.1 Å².